The molecule has 1 N–H and O–H groups in total. The molecule has 0 aliphatic rings. The summed E-state index contributed by atoms with van der Waals surface area (Å²) in [7, 11) is 0. The topological polar surface area (TPSA) is 55.8 Å². The quantitative estimate of drug-likeness (QED) is 0.499. The van der Waals surface area contributed by atoms with E-state index >= 15 is 0 Å². The number of benzene rings is 2. The van der Waals surface area contributed by atoms with Crippen LogP contribution in [-0.2, 0) is 26.3 Å². The molecule has 0 atom stereocenters. The van der Waals surface area contributed by atoms with E-state index in [1.165, 1.54) is 0 Å². The summed E-state index contributed by atoms with van der Waals surface area (Å²) in [5, 5.41) is 9.39. The molecule has 0 aliphatic heterocycles. The number of rotatable bonds is 10. The van der Waals surface area contributed by atoms with E-state index in [0.717, 1.165) is 24.0 Å². The third-order valence-electron chi connectivity index (χ3n) is 4.43. The van der Waals surface area contributed by atoms with Gasteiger partial charge in [-0.1, -0.05) is 56.3 Å². The fourth-order valence-electron chi connectivity index (χ4n) is 2.78. The fourth-order valence-corrected chi connectivity index (χ4v) is 2.78. The maximum Gasteiger partial charge on any atom is 0.305 e. The van der Waals surface area contributed by atoms with Gasteiger partial charge in [-0.05, 0) is 41.5 Å². The molecular formula is C22H28O4. The Hall–Kier alpha value is -2.33. The van der Waals surface area contributed by atoms with E-state index in [0.29, 0.717) is 19.6 Å². The van der Waals surface area contributed by atoms with Crippen molar-refractivity contribution >= 4 is 5.97 Å². The van der Waals surface area contributed by atoms with Crippen LogP contribution in [0.1, 0.15) is 44.2 Å². The fraction of sp³-hybridized carbons (Fsp3) is 0.409. The summed E-state index contributed by atoms with van der Waals surface area (Å²) in [6, 6.07) is 17.2. The van der Waals surface area contributed by atoms with Gasteiger partial charge in [-0.25, -0.2) is 0 Å². The highest BCUT2D eigenvalue weighted by Gasteiger charge is 2.20. The van der Waals surface area contributed by atoms with Gasteiger partial charge in [0.25, 0.3) is 0 Å². The predicted molar refractivity (Wildman–Crippen MR) is 102 cm³/mol. The largest absolute Gasteiger partial charge is 0.508 e. The van der Waals surface area contributed by atoms with Crippen LogP contribution < -0.4 is 0 Å². The molecule has 0 amide bonds. The Morgan fingerprint density at radius 3 is 2.38 bits per heavy atom. The van der Waals surface area contributed by atoms with E-state index in [2.05, 4.69) is 13.8 Å². The van der Waals surface area contributed by atoms with Gasteiger partial charge in [-0.3, -0.25) is 4.79 Å². The van der Waals surface area contributed by atoms with Crippen molar-refractivity contribution in [2.75, 3.05) is 13.2 Å². The molecule has 26 heavy (non-hydrogen) atoms. The van der Waals surface area contributed by atoms with Crippen LogP contribution in [0.25, 0.3) is 0 Å². The Kier molecular flexibility index (Phi) is 7.67. The Bertz CT molecular complexity index is 662. The van der Waals surface area contributed by atoms with Crippen molar-refractivity contribution in [3.05, 3.63) is 65.7 Å². The van der Waals surface area contributed by atoms with Crippen molar-refractivity contribution in [1.29, 1.82) is 0 Å². The van der Waals surface area contributed by atoms with Crippen molar-refractivity contribution in [2.45, 2.75) is 45.1 Å². The number of aromatic hydroxyl groups is 1. The zero-order valence-electron chi connectivity index (χ0n) is 15.6. The highest BCUT2D eigenvalue weighted by Crippen LogP contribution is 2.30. The first kappa shape index (κ1) is 20.0. The predicted octanol–water partition coefficient (Wildman–Crippen LogP) is 4.60. The first-order valence-corrected chi connectivity index (χ1v) is 9.04. The standard InChI is InChI=1S/C22H28O4/c1-22(2,19-10-12-20(23)13-11-19)14-6-9-21(24)26-16-15-25-17-18-7-4-3-5-8-18/h3-5,7-8,10-13,23H,6,9,14-17H2,1-2H3. The van der Waals surface area contributed by atoms with E-state index in [1.54, 1.807) is 12.1 Å². The third-order valence-corrected chi connectivity index (χ3v) is 4.43. The van der Waals surface area contributed by atoms with Gasteiger partial charge in [-0.15, -0.1) is 0 Å². The lowest BCUT2D eigenvalue weighted by molar-refractivity contribution is -0.145. The average Bonchev–Trinajstić information content (AvgIpc) is 2.62. The first-order valence-electron chi connectivity index (χ1n) is 9.04. The molecule has 140 valence electrons. The van der Waals surface area contributed by atoms with E-state index < -0.39 is 0 Å². The Morgan fingerprint density at radius 1 is 1.00 bits per heavy atom. The van der Waals surface area contributed by atoms with E-state index in [1.807, 2.05) is 42.5 Å². The Morgan fingerprint density at radius 2 is 1.69 bits per heavy atom. The molecule has 0 saturated carbocycles. The summed E-state index contributed by atoms with van der Waals surface area (Å²) in [4.78, 5) is 11.8. The summed E-state index contributed by atoms with van der Waals surface area (Å²) >= 11 is 0. The van der Waals surface area contributed by atoms with Crippen LogP contribution in [0, 0.1) is 0 Å². The van der Waals surface area contributed by atoms with Gasteiger partial charge >= 0.3 is 5.97 Å². The molecule has 0 spiro atoms. The SMILES string of the molecule is CC(C)(CCCC(=O)OCCOCc1ccccc1)c1ccc(O)cc1. The van der Waals surface area contributed by atoms with Gasteiger partial charge in [0, 0.05) is 6.42 Å². The van der Waals surface area contributed by atoms with Crippen molar-refractivity contribution in [2.24, 2.45) is 0 Å². The van der Waals surface area contributed by atoms with Crippen LogP contribution in [0.4, 0.5) is 0 Å². The van der Waals surface area contributed by atoms with Gasteiger partial charge in [-0.2, -0.15) is 0 Å². The minimum atomic E-state index is -0.185. The van der Waals surface area contributed by atoms with Crippen molar-refractivity contribution in [1.82, 2.24) is 0 Å². The Labute approximate surface area is 155 Å². The lowest BCUT2D eigenvalue weighted by Gasteiger charge is -2.25. The number of carbonyl (C=O) groups excluding carboxylic acids is 1. The van der Waals surface area contributed by atoms with Crippen molar-refractivity contribution in [3.63, 3.8) is 0 Å². The lowest BCUT2D eigenvalue weighted by Crippen LogP contribution is -2.18. The van der Waals surface area contributed by atoms with Crippen LogP contribution in [0.5, 0.6) is 5.75 Å². The molecule has 0 bridgehead atoms. The normalized spacial score (nSPS) is 11.3. The molecule has 0 radical (unpaired) electrons. The Balaban J connectivity index is 1.59. The zero-order valence-corrected chi connectivity index (χ0v) is 15.6. The van der Waals surface area contributed by atoms with Gasteiger partial charge in [0.05, 0.1) is 13.2 Å². The van der Waals surface area contributed by atoms with Crippen LogP contribution in [-0.4, -0.2) is 24.3 Å². The van der Waals surface area contributed by atoms with Crippen LogP contribution in [0.3, 0.4) is 0 Å². The molecule has 2 aromatic rings. The monoisotopic (exact) mass is 356 g/mol. The number of esters is 1. The maximum absolute atomic E-state index is 11.8. The molecule has 0 aliphatic carbocycles. The van der Waals surface area contributed by atoms with Crippen LogP contribution in [0.15, 0.2) is 54.6 Å². The highest BCUT2D eigenvalue weighted by molar-refractivity contribution is 5.69. The average molecular weight is 356 g/mol. The van der Waals surface area contributed by atoms with Gasteiger partial charge < -0.3 is 14.6 Å². The van der Waals surface area contributed by atoms with Crippen LogP contribution in [0.2, 0.25) is 0 Å². The number of carbonyl (C=O) groups is 1. The summed E-state index contributed by atoms with van der Waals surface area (Å²) < 4.78 is 10.7. The molecule has 0 heterocycles. The molecule has 4 nitrogen and oxygen atoms in total. The third kappa shape index (κ3) is 6.89. The second kappa shape index (κ2) is 9.97. The molecule has 0 fully saturated rings. The molecule has 2 rings (SSSR count). The first-order chi connectivity index (χ1) is 12.5. The van der Waals surface area contributed by atoms with E-state index in [4.69, 9.17) is 9.47 Å². The van der Waals surface area contributed by atoms with Gasteiger partial charge in [0.15, 0.2) is 0 Å². The lowest BCUT2D eigenvalue weighted by atomic mass is 9.80. The minimum absolute atomic E-state index is 0.0488. The molecule has 0 aromatic heterocycles. The molecule has 0 saturated heterocycles. The second-order valence-electron chi connectivity index (χ2n) is 7.04. The highest BCUT2D eigenvalue weighted by atomic mass is 16.6. The van der Waals surface area contributed by atoms with Crippen molar-refractivity contribution < 1.29 is 19.4 Å². The zero-order chi connectivity index (χ0) is 18.8. The molecule has 0 unspecified atom stereocenters. The van der Waals surface area contributed by atoms with Crippen LogP contribution >= 0.6 is 0 Å². The van der Waals surface area contributed by atoms with E-state index in [9.17, 15) is 9.90 Å². The number of phenolic OH excluding ortho intramolecular Hbond substituents is 1. The second-order valence-corrected chi connectivity index (χ2v) is 7.04. The molecular weight excluding hydrogens is 328 g/mol. The number of ether oxygens (including phenoxy) is 2. The molecule has 2 aromatic carbocycles. The minimum Gasteiger partial charge on any atom is -0.508 e. The number of hydrogen-bond acceptors (Lipinski definition) is 4. The van der Waals surface area contributed by atoms with E-state index in [-0.39, 0.29) is 23.7 Å². The maximum atomic E-state index is 11.8. The van der Waals surface area contributed by atoms with Gasteiger partial charge in [0.1, 0.15) is 12.4 Å². The van der Waals surface area contributed by atoms with Gasteiger partial charge in [0.2, 0.25) is 0 Å². The summed E-state index contributed by atoms with van der Waals surface area (Å²) in [6.45, 7) is 5.50. The van der Waals surface area contributed by atoms with Crippen molar-refractivity contribution in [3.8, 4) is 5.75 Å². The summed E-state index contributed by atoms with van der Waals surface area (Å²) in [5.41, 5.74) is 2.21. The number of hydrogen-bond donors (Lipinski definition) is 1. The smallest absolute Gasteiger partial charge is 0.305 e. The molecule has 4 heteroatoms. The summed E-state index contributed by atoms with van der Waals surface area (Å²) in [5.74, 6) is 0.0810. The summed E-state index contributed by atoms with van der Waals surface area (Å²) in [6.07, 6.45) is 2.04. The number of phenols is 1.